The Bertz CT molecular complexity index is 690. The lowest BCUT2D eigenvalue weighted by molar-refractivity contribution is -0.151. The van der Waals surface area contributed by atoms with Crippen molar-refractivity contribution in [3.05, 3.63) is 58.6 Å². The summed E-state index contributed by atoms with van der Waals surface area (Å²) in [4.78, 5) is 13.8. The van der Waals surface area contributed by atoms with E-state index < -0.39 is 0 Å². The van der Waals surface area contributed by atoms with Crippen LogP contribution in [-0.4, -0.2) is 31.8 Å². The van der Waals surface area contributed by atoms with Gasteiger partial charge in [-0.1, -0.05) is 29.3 Å². The Morgan fingerprint density at radius 3 is 2.65 bits per heavy atom. The van der Waals surface area contributed by atoms with Gasteiger partial charge in [-0.25, -0.2) is 0 Å². The first kappa shape index (κ1) is 16.0. The van der Waals surface area contributed by atoms with Crippen LogP contribution in [-0.2, 0) is 9.53 Å². The molecule has 3 rings (SSSR count). The van der Waals surface area contributed by atoms with Crippen LogP contribution in [0.1, 0.15) is 0 Å². The maximum absolute atomic E-state index is 11.8. The minimum atomic E-state index is -0.342. The predicted octanol–water partition coefficient (Wildman–Crippen LogP) is 3.80. The number of hydrogen-bond donors (Lipinski definition) is 0. The molecule has 0 saturated carbocycles. The van der Waals surface area contributed by atoms with E-state index in [4.69, 9.17) is 32.7 Å². The largest absolute Gasteiger partial charge is 0.490 e. The van der Waals surface area contributed by atoms with Gasteiger partial charge in [0, 0.05) is 15.7 Å². The molecule has 4 nitrogen and oxygen atoms in total. The Hall–Kier alpha value is -1.91. The van der Waals surface area contributed by atoms with E-state index in [0.717, 1.165) is 5.69 Å². The summed E-state index contributed by atoms with van der Waals surface area (Å²) >= 11 is 11.8. The highest BCUT2D eigenvalue weighted by atomic mass is 35.5. The van der Waals surface area contributed by atoms with E-state index in [1.807, 2.05) is 23.1 Å². The third-order valence-electron chi connectivity index (χ3n) is 3.46. The molecule has 23 heavy (non-hydrogen) atoms. The summed E-state index contributed by atoms with van der Waals surface area (Å²) in [6, 6.07) is 14.5. The molecular formula is C17H15Cl2NO3. The summed E-state index contributed by atoms with van der Waals surface area (Å²) in [5.74, 6) is 0.409. The third kappa shape index (κ3) is 4.30. The van der Waals surface area contributed by atoms with Crippen LogP contribution >= 0.6 is 23.2 Å². The molecular weight excluding hydrogens is 337 g/mol. The average molecular weight is 352 g/mol. The van der Waals surface area contributed by atoms with Crippen LogP contribution in [0, 0.1) is 0 Å². The molecule has 1 aliphatic heterocycles. The number of nitrogens with zero attached hydrogens (tertiary/aromatic N) is 1. The monoisotopic (exact) mass is 351 g/mol. The number of ether oxygens (including phenoxy) is 2. The summed E-state index contributed by atoms with van der Waals surface area (Å²) in [6.45, 7) is 1.04. The van der Waals surface area contributed by atoms with Gasteiger partial charge in [0.15, 0.2) is 6.10 Å². The second kappa shape index (κ2) is 7.11. The van der Waals surface area contributed by atoms with Gasteiger partial charge in [0.25, 0.3) is 0 Å². The number of halogens is 2. The SMILES string of the molecule is O=C1CN(c2cccc(Cl)c2)CC(COc2ccc(Cl)cc2)O1. The van der Waals surface area contributed by atoms with Gasteiger partial charge in [0.1, 0.15) is 18.9 Å². The van der Waals surface area contributed by atoms with E-state index in [-0.39, 0.29) is 25.2 Å². The van der Waals surface area contributed by atoms with Gasteiger partial charge in [-0.15, -0.1) is 0 Å². The third-order valence-corrected chi connectivity index (χ3v) is 3.95. The lowest BCUT2D eigenvalue weighted by Crippen LogP contribution is -2.47. The molecule has 0 radical (unpaired) electrons. The van der Waals surface area contributed by atoms with Gasteiger partial charge in [-0.2, -0.15) is 0 Å². The Morgan fingerprint density at radius 2 is 1.91 bits per heavy atom. The number of rotatable bonds is 4. The van der Waals surface area contributed by atoms with Crippen LogP contribution in [0.25, 0.3) is 0 Å². The van der Waals surface area contributed by atoms with Gasteiger partial charge in [-0.05, 0) is 42.5 Å². The second-order valence-electron chi connectivity index (χ2n) is 5.24. The number of carbonyl (C=O) groups is 1. The zero-order valence-electron chi connectivity index (χ0n) is 12.2. The number of benzene rings is 2. The molecule has 2 aromatic rings. The van der Waals surface area contributed by atoms with Crippen LogP contribution < -0.4 is 9.64 Å². The first-order valence-corrected chi connectivity index (χ1v) is 7.94. The van der Waals surface area contributed by atoms with Crippen LogP contribution in [0.2, 0.25) is 10.0 Å². The number of morpholine rings is 1. The van der Waals surface area contributed by atoms with Crippen molar-refractivity contribution < 1.29 is 14.3 Å². The highest BCUT2D eigenvalue weighted by molar-refractivity contribution is 6.31. The van der Waals surface area contributed by atoms with Crippen LogP contribution in [0.15, 0.2) is 48.5 Å². The van der Waals surface area contributed by atoms with Gasteiger partial charge < -0.3 is 14.4 Å². The molecule has 0 bridgehead atoms. The van der Waals surface area contributed by atoms with Crippen molar-refractivity contribution in [2.45, 2.75) is 6.10 Å². The van der Waals surface area contributed by atoms with Crippen molar-refractivity contribution >= 4 is 34.9 Å². The molecule has 1 heterocycles. The standard InChI is InChI=1S/C17H15Cl2NO3/c18-12-4-6-15(7-5-12)22-11-16-9-20(10-17(21)23-16)14-3-1-2-13(19)8-14/h1-8,16H,9-11H2. The topological polar surface area (TPSA) is 38.8 Å². The zero-order valence-corrected chi connectivity index (χ0v) is 13.8. The average Bonchev–Trinajstić information content (AvgIpc) is 2.54. The van der Waals surface area contributed by atoms with Crippen molar-refractivity contribution in [2.75, 3.05) is 24.6 Å². The van der Waals surface area contributed by atoms with Crippen LogP contribution in [0.3, 0.4) is 0 Å². The molecule has 1 fully saturated rings. The Labute approximate surface area is 144 Å². The van der Waals surface area contributed by atoms with E-state index in [1.165, 1.54) is 0 Å². The molecule has 6 heteroatoms. The fourth-order valence-corrected chi connectivity index (χ4v) is 2.71. The first-order chi connectivity index (χ1) is 11.1. The van der Waals surface area contributed by atoms with E-state index in [0.29, 0.717) is 22.3 Å². The molecule has 1 atom stereocenters. The maximum Gasteiger partial charge on any atom is 0.326 e. The predicted molar refractivity (Wildman–Crippen MR) is 90.5 cm³/mol. The molecule has 1 unspecified atom stereocenters. The molecule has 120 valence electrons. The van der Waals surface area contributed by atoms with E-state index in [9.17, 15) is 4.79 Å². The highest BCUT2D eigenvalue weighted by Gasteiger charge is 2.27. The number of anilines is 1. The number of carbonyl (C=O) groups excluding carboxylic acids is 1. The summed E-state index contributed by atoms with van der Waals surface area (Å²) in [7, 11) is 0. The fraction of sp³-hybridized carbons (Fsp3) is 0.235. The van der Waals surface area contributed by atoms with Crippen LogP contribution in [0.5, 0.6) is 5.75 Å². The molecule has 0 amide bonds. The Kier molecular flexibility index (Phi) is 4.94. The van der Waals surface area contributed by atoms with E-state index in [1.54, 1.807) is 30.3 Å². The van der Waals surface area contributed by atoms with Gasteiger partial charge in [0.05, 0.1) is 6.54 Å². The number of esters is 1. The quantitative estimate of drug-likeness (QED) is 0.785. The normalized spacial score (nSPS) is 17.7. The fourth-order valence-electron chi connectivity index (χ4n) is 2.40. The summed E-state index contributed by atoms with van der Waals surface area (Å²) in [5, 5.41) is 1.28. The molecule has 0 aromatic heterocycles. The Morgan fingerprint density at radius 1 is 1.13 bits per heavy atom. The minimum absolute atomic E-state index is 0.206. The van der Waals surface area contributed by atoms with Crippen molar-refractivity contribution in [1.82, 2.24) is 0 Å². The highest BCUT2D eigenvalue weighted by Crippen LogP contribution is 2.22. The lowest BCUT2D eigenvalue weighted by Gasteiger charge is -2.33. The van der Waals surface area contributed by atoms with Crippen molar-refractivity contribution in [3.63, 3.8) is 0 Å². The van der Waals surface area contributed by atoms with Gasteiger partial charge in [-0.3, -0.25) is 4.79 Å². The molecule has 0 aliphatic carbocycles. The smallest absolute Gasteiger partial charge is 0.326 e. The molecule has 1 aliphatic rings. The van der Waals surface area contributed by atoms with Gasteiger partial charge in [0.2, 0.25) is 0 Å². The summed E-state index contributed by atoms with van der Waals surface area (Å²) in [6.07, 6.45) is -0.342. The van der Waals surface area contributed by atoms with E-state index >= 15 is 0 Å². The molecule has 0 N–H and O–H groups in total. The number of cyclic esters (lactones) is 1. The number of hydrogen-bond acceptors (Lipinski definition) is 4. The summed E-state index contributed by atoms with van der Waals surface area (Å²) < 4.78 is 11.0. The molecule has 2 aromatic carbocycles. The maximum atomic E-state index is 11.8. The van der Waals surface area contributed by atoms with Crippen molar-refractivity contribution in [3.8, 4) is 5.75 Å². The minimum Gasteiger partial charge on any atom is -0.490 e. The molecule has 0 spiro atoms. The lowest BCUT2D eigenvalue weighted by atomic mass is 10.2. The van der Waals surface area contributed by atoms with E-state index in [2.05, 4.69) is 0 Å². The van der Waals surface area contributed by atoms with Crippen molar-refractivity contribution in [1.29, 1.82) is 0 Å². The second-order valence-corrected chi connectivity index (χ2v) is 6.11. The van der Waals surface area contributed by atoms with Crippen LogP contribution in [0.4, 0.5) is 5.69 Å². The first-order valence-electron chi connectivity index (χ1n) is 7.18. The zero-order chi connectivity index (χ0) is 16.2. The van der Waals surface area contributed by atoms with Gasteiger partial charge >= 0.3 is 5.97 Å². The Balaban J connectivity index is 1.63. The van der Waals surface area contributed by atoms with Crippen molar-refractivity contribution in [2.24, 2.45) is 0 Å². The molecule has 1 saturated heterocycles. The summed E-state index contributed by atoms with van der Waals surface area (Å²) in [5.41, 5.74) is 0.894.